The van der Waals surface area contributed by atoms with Crippen LogP contribution in [0, 0.1) is 0 Å². The Kier molecular flexibility index (Phi) is 3.97. The zero-order valence-corrected chi connectivity index (χ0v) is 10.5. The van der Waals surface area contributed by atoms with Crippen molar-refractivity contribution in [2.75, 3.05) is 14.1 Å². The van der Waals surface area contributed by atoms with Gasteiger partial charge in [0.15, 0.2) is 0 Å². The van der Waals surface area contributed by atoms with Crippen LogP contribution in [0.25, 0.3) is 0 Å². The van der Waals surface area contributed by atoms with Gasteiger partial charge >= 0.3 is 0 Å². The van der Waals surface area contributed by atoms with Crippen molar-refractivity contribution in [3.8, 4) is 0 Å². The molecule has 0 aromatic heterocycles. The second-order valence-corrected chi connectivity index (χ2v) is 5.67. The molecule has 1 aromatic carbocycles. The standard InChI is InChI=1S/C8H10Cl2N2O2S/c1-12(2)11-15(13,14)8-5-6(9)3-4-7(8)10/h3-5,11H,1-2H3/p+1. The molecule has 0 aliphatic rings. The molecule has 0 radical (unpaired) electrons. The van der Waals surface area contributed by atoms with Crippen molar-refractivity contribution in [3.63, 3.8) is 0 Å². The average Bonchev–Trinajstić information content (AvgIpc) is 2.06. The van der Waals surface area contributed by atoms with E-state index in [2.05, 4.69) is 4.83 Å². The van der Waals surface area contributed by atoms with Gasteiger partial charge in [-0.3, -0.25) is 0 Å². The first-order chi connectivity index (χ1) is 6.83. The van der Waals surface area contributed by atoms with Crippen LogP contribution in [-0.4, -0.2) is 22.5 Å². The lowest BCUT2D eigenvalue weighted by Crippen LogP contribution is -3.13. The molecule has 0 aliphatic heterocycles. The molecule has 84 valence electrons. The number of nitrogens with one attached hydrogen (secondary N) is 2. The summed E-state index contributed by atoms with van der Waals surface area (Å²) in [6, 6.07) is 4.30. The normalized spacial score (nSPS) is 12.1. The van der Waals surface area contributed by atoms with Crippen LogP contribution in [0.1, 0.15) is 0 Å². The van der Waals surface area contributed by atoms with E-state index in [-0.39, 0.29) is 9.92 Å². The predicted molar refractivity (Wildman–Crippen MR) is 59.6 cm³/mol. The van der Waals surface area contributed by atoms with Crippen LogP contribution in [0.4, 0.5) is 0 Å². The summed E-state index contributed by atoms with van der Waals surface area (Å²) in [6.45, 7) is 0. The maximum atomic E-state index is 11.7. The van der Waals surface area contributed by atoms with Gasteiger partial charge in [-0.25, -0.2) is 13.4 Å². The highest BCUT2D eigenvalue weighted by atomic mass is 35.5. The van der Waals surface area contributed by atoms with Crippen LogP contribution < -0.4 is 9.84 Å². The summed E-state index contributed by atoms with van der Waals surface area (Å²) in [5, 5.41) is 1.03. The first-order valence-corrected chi connectivity index (χ1v) is 6.35. The molecular weight excluding hydrogens is 259 g/mol. The minimum atomic E-state index is -3.62. The molecule has 0 aliphatic carbocycles. The van der Waals surface area contributed by atoms with Crippen LogP contribution in [0.2, 0.25) is 10.0 Å². The van der Waals surface area contributed by atoms with Crippen LogP contribution >= 0.6 is 23.2 Å². The van der Waals surface area contributed by atoms with Gasteiger partial charge in [0.25, 0.3) is 10.0 Å². The molecule has 0 bridgehead atoms. The summed E-state index contributed by atoms with van der Waals surface area (Å²) in [4.78, 5) is 2.33. The van der Waals surface area contributed by atoms with Gasteiger partial charge in [-0.15, -0.1) is 0 Å². The number of hydrogen-bond acceptors (Lipinski definition) is 2. The molecular formula is C8H11Cl2N2O2S+. The van der Waals surface area contributed by atoms with Gasteiger partial charge in [0.2, 0.25) is 0 Å². The molecule has 0 atom stereocenters. The molecule has 15 heavy (non-hydrogen) atoms. The second-order valence-electron chi connectivity index (χ2n) is 3.18. The van der Waals surface area contributed by atoms with E-state index >= 15 is 0 Å². The Morgan fingerprint density at radius 3 is 2.40 bits per heavy atom. The fourth-order valence-corrected chi connectivity index (χ4v) is 2.92. The van der Waals surface area contributed by atoms with Gasteiger partial charge < -0.3 is 0 Å². The molecule has 0 spiro atoms. The summed E-state index contributed by atoms with van der Waals surface area (Å²) in [6.07, 6.45) is 0. The first kappa shape index (κ1) is 12.7. The minimum absolute atomic E-state index is 0.0159. The number of rotatable bonds is 3. The van der Waals surface area contributed by atoms with E-state index in [4.69, 9.17) is 23.2 Å². The molecule has 0 saturated carbocycles. The smallest absolute Gasteiger partial charge is 0.248 e. The van der Waals surface area contributed by atoms with E-state index in [1.54, 1.807) is 14.1 Å². The van der Waals surface area contributed by atoms with Gasteiger partial charge in [0, 0.05) is 5.02 Å². The van der Waals surface area contributed by atoms with Crippen molar-refractivity contribution >= 4 is 33.2 Å². The lowest BCUT2D eigenvalue weighted by Gasteiger charge is -2.10. The molecule has 4 nitrogen and oxygen atoms in total. The Labute approximate surface area is 98.8 Å². The van der Waals surface area contributed by atoms with Crippen molar-refractivity contribution in [3.05, 3.63) is 28.2 Å². The summed E-state index contributed by atoms with van der Waals surface area (Å²) in [7, 11) is -0.319. The van der Waals surface area contributed by atoms with E-state index in [9.17, 15) is 8.42 Å². The van der Waals surface area contributed by atoms with Gasteiger partial charge in [-0.1, -0.05) is 28.0 Å². The van der Waals surface area contributed by atoms with E-state index in [1.807, 2.05) is 0 Å². The molecule has 7 heteroatoms. The Hall–Kier alpha value is -0.330. The fourth-order valence-electron chi connectivity index (χ4n) is 1.01. The lowest BCUT2D eigenvalue weighted by molar-refractivity contribution is -0.890. The summed E-state index contributed by atoms with van der Waals surface area (Å²) < 4.78 is 23.5. The number of hydrogen-bond donors (Lipinski definition) is 2. The number of quaternary nitrogens is 1. The summed E-state index contributed by atoms with van der Waals surface area (Å²) >= 11 is 11.5. The van der Waals surface area contributed by atoms with E-state index in [0.717, 1.165) is 0 Å². The van der Waals surface area contributed by atoms with Gasteiger partial charge in [0.1, 0.15) is 4.90 Å². The Bertz CT molecular complexity index is 460. The average molecular weight is 270 g/mol. The largest absolute Gasteiger partial charge is 0.283 e. The van der Waals surface area contributed by atoms with Crippen molar-refractivity contribution in [1.29, 1.82) is 0 Å². The van der Waals surface area contributed by atoms with E-state index in [1.165, 1.54) is 18.2 Å². The van der Waals surface area contributed by atoms with Gasteiger partial charge in [0.05, 0.1) is 19.1 Å². The lowest BCUT2D eigenvalue weighted by atomic mass is 10.4. The molecule has 0 saturated heterocycles. The summed E-state index contributed by atoms with van der Waals surface area (Å²) in [5.41, 5.74) is 0. The predicted octanol–water partition coefficient (Wildman–Crippen LogP) is 0.331. The van der Waals surface area contributed by atoms with Crippen LogP contribution in [-0.2, 0) is 10.0 Å². The highest BCUT2D eigenvalue weighted by Gasteiger charge is 2.20. The van der Waals surface area contributed by atoms with E-state index < -0.39 is 10.0 Å². The Balaban J connectivity index is 3.21. The van der Waals surface area contributed by atoms with Gasteiger partial charge in [-0.2, -0.15) is 0 Å². The van der Waals surface area contributed by atoms with Crippen molar-refractivity contribution in [1.82, 2.24) is 4.83 Å². The number of benzene rings is 1. The third kappa shape index (κ3) is 3.32. The number of halogens is 2. The minimum Gasteiger partial charge on any atom is -0.248 e. The first-order valence-electron chi connectivity index (χ1n) is 4.11. The quantitative estimate of drug-likeness (QED) is 0.778. The Morgan fingerprint density at radius 1 is 1.27 bits per heavy atom. The van der Waals surface area contributed by atoms with Crippen LogP contribution in [0.3, 0.4) is 0 Å². The van der Waals surface area contributed by atoms with Gasteiger partial charge in [-0.05, 0) is 18.2 Å². The third-order valence-electron chi connectivity index (χ3n) is 1.52. The molecule has 0 heterocycles. The monoisotopic (exact) mass is 269 g/mol. The molecule has 1 rings (SSSR count). The maximum absolute atomic E-state index is 11.7. The van der Waals surface area contributed by atoms with E-state index in [0.29, 0.717) is 10.0 Å². The Morgan fingerprint density at radius 2 is 1.87 bits per heavy atom. The molecule has 2 N–H and O–H groups in total. The second kappa shape index (κ2) is 4.67. The SMILES string of the molecule is C[NH+](C)NS(=O)(=O)c1cc(Cl)ccc1Cl. The van der Waals surface area contributed by atoms with Crippen molar-refractivity contribution in [2.45, 2.75) is 4.90 Å². The zero-order valence-electron chi connectivity index (χ0n) is 8.21. The molecule has 0 amide bonds. The highest BCUT2D eigenvalue weighted by Crippen LogP contribution is 2.24. The summed E-state index contributed by atoms with van der Waals surface area (Å²) in [5.74, 6) is 0. The maximum Gasteiger partial charge on any atom is 0.283 e. The van der Waals surface area contributed by atoms with Crippen LogP contribution in [0.15, 0.2) is 23.1 Å². The zero-order chi connectivity index (χ0) is 11.6. The molecule has 0 unspecified atom stereocenters. The number of sulfonamides is 1. The van der Waals surface area contributed by atoms with Crippen molar-refractivity contribution in [2.24, 2.45) is 0 Å². The fraction of sp³-hybridized carbons (Fsp3) is 0.250. The highest BCUT2D eigenvalue weighted by molar-refractivity contribution is 7.89. The van der Waals surface area contributed by atoms with Crippen LogP contribution in [0.5, 0.6) is 0 Å². The topological polar surface area (TPSA) is 50.6 Å². The third-order valence-corrected chi connectivity index (χ3v) is 3.79. The molecule has 0 fully saturated rings. The van der Waals surface area contributed by atoms with Crippen molar-refractivity contribution < 1.29 is 13.4 Å². The molecule has 1 aromatic rings.